The summed E-state index contributed by atoms with van der Waals surface area (Å²) in [6, 6.07) is 2.73. The minimum Gasteiger partial charge on any atom is -0.478 e. The van der Waals surface area contributed by atoms with Gasteiger partial charge in [-0.25, -0.2) is 4.79 Å². The number of hydrogen-bond donors (Lipinski definition) is 3. The molecule has 1 aromatic rings. The number of pyridine rings is 1. The molecule has 96 valence electrons. The minimum absolute atomic E-state index is 0.119. The number of carbonyl (C=O) groups excluding carboxylic acids is 2. The van der Waals surface area contributed by atoms with Crippen molar-refractivity contribution in [1.82, 2.24) is 15.6 Å². The van der Waals surface area contributed by atoms with Crippen molar-refractivity contribution in [3.05, 3.63) is 29.6 Å². The standard InChI is InChI=1S/C11H13N3O4/c1-12-8(15)4-6-14-10(16)9-7(11(17)18)3-2-5-13-9/h2-3,5H,4,6H2,1H3,(H,12,15)(H,14,16)(H,17,18). The molecule has 0 bridgehead atoms. The first-order chi connectivity index (χ1) is 8.56. The number of aromatic nitrogens is 1. The fraction of sp³-hybridized carbons (Fsp3) is 0.273. The van der Waals surface area contributed by atoms with Crippen molar-refractivity contribution in [1.29, 1.82) is 0 Å². The van der Waals surface area contributed by atoms with Crippen LogP contribution in [0.4, 0.5) is 0 Å². The summed E-state index contributed by atoms with van der Waals surface area (Å²) in [6.07, 6.45) is 1.46. The highest BCUT2D eigenvalue weighted by Gasteiger charge is 2.17. The lowest BCUT2D eigenvalue weighted by Crippen LogP contribution is -2.30. The Balaban J connectivity index is 2.67. The number of nitrogens with one attached hydrogen (secondary N) is 2. The van der Waals surface area contributed by atoms with Gasteiger partial charge in [0.05, 0.1) is 5.56 Å². The van der Waals surface area contributed by atoms with Gasteiger partial charge in [-0.3, -0.25) is 14.6 Å². The molecule has 0 aliphatic heterocycles. The molecule has 0 spiro atoms. The van der Waals surface area contributed by atoms with Crippen molar-refractivity contribution in [2.45, 2.75) is 6.42 Å². The summed E-state index contributed by atoms with van der Waals surface area (Å²) in [6.45, 7) is 0.119. The molecule has 3 N–H and O–H groups in total. The zero-order chi connectivity index (χ0) is 13.5. The van der Waals surface area contributed by atoms with Crippen LogP contribution in [0.5, 0.6) is 0 Å². The van der Waals surface area contributed by atoms with Gasteiger partial charge in [-0.05, 0) is 12.1 Å². The fourth-order valence-electron chi connectivity index (χ4n) is 1.26. The van der Waals surface area contributed by atoms with Gasteiger partial charge in [-0.15, -0.1) is 0 Å². The topological polar surface area (TPSA) is 108 Å². The highest BCUT2D eigenvalue weighted by Crippen LogP contribution is 2.04. The van der Waals surface area contributed by atoms with E-state index < -0.39 is 11.9 Å². The zero-order valence-electron chi connectivity index (χ0n) is 9.77. The maximum Gasteiger partial charge on any atom is 0.338 e. The number of rotatable bonds is 5. The largest absolute Gasteiger partial charge is 0.478 e. The molecule has 2 amide bonds. The van der Waals surface area contributed by atoms with E-state index in [2.05, 4.69) is 15.6 Å². The summed E-state index contributed by atoms with van der Waals surface area (Å²) in [5, 5.41) is 13.7. The summed E-state index contributed by atoms with van der Waals surface area (Å²) in [4.78, 5) is 37.2. The van der Waals surface area contributed by atoms with Crippen molar-refractivity contribution < 1.29 is 19.5 Å². The second-order valence-electron chi connectivity index (χ2n) is 3.38. The average molecular weight is 251 g/mol. The van der Waals surface area contributed by atoms with E-state index in [-0.39, 0.29) is 30.1 Å². The Morgan fingerprint density at radius 3 is 2.72 bits per heavy atom. The SMILES string of the molecule is CNC(=O)CCNC(=O)c1ncccc1C(=O)O. The number of carboxylic acid groups (broad SMARTS) is 1. The van der Waals surface area contributed by atoms with Gasteiger partial charge in [0.15, 0.2) is 0 Å². The van der Waals surface area contributed by atoms with Gasteiger partial charge < -0.3 is 15.7 Å². The number of carboxylic acids is 1. The Hall–Kier alpha value is -2.44. The molecule has 18 heavy (non-hydrogen) atoms. The molecule has 7 heteroatoms. The van der Waals surface area contributed by atoms with Crippen LogP contribution in [0.15, 0.2) is 18.3 Å². The lowest BCUT2D eigenvalue weighted by molar-refractivity contribution is -0.120. The Bertz CT molecular complexity index is 473. The molecule has 0 fully saturated rings. The molecule has 1 aromatic heterocycles. The van der Waals surface area contributed by atoms with Crippen LogP contribution >= 0.6 is 0 Å². The van der Waals surface area contributed by atoms with Crippen LogP contribution in [-0.4, -0.2) is 41.5 Å². The Morgan fingerprint density at radius 1 is 1.39 bits per heavy atom. The van der Waals surface area contributed by atoms with Gasteiger partial charge in [0.2, 0.25) is 5.91 Å². The molecule has 0 atom stereocenters. The third-order valence-corrected chi connectivity index (χ3v) is 2.17. The monoisotopic (exact) mass is 251 g/mol. The van der Waals surface area contributed by atoms with Crippen molar-refractivity contribution in [3.63, 3.8) is 0 Å². The van der Waals surface area contributed by atoms with E-state index in [1.165, 1.54) is 25.4 Å². The van der Waals surface area contributed by atoms with Crippen LogP contribution in [0.25, 0.3) is 0 Å². The van der Waals surface area contributed by atoms with E-state index in [0.29, 0.717) is 0 Å². The van der Waals surface area contributed by atoms with E-state index in [1.807, 2.05) is 0 Å². The average Bonchev–Trinajstić information content (AvgIpc) is 2.38. The van der Waals surface area contributed by atoms with Crippen molar-refractivity contribution in [2.75, 3.05) is 13.6 Å². The summed E-state index contributed by atoms with van der Waals surface area (Å²) in [5.74, 6) is -2.05. The summed E-state index contributed by atoms with van der Waals surface area (Å²) < 4.78 is 0. The summed E-state index contributed by atoms with van der Waals surface area (Å²) >= 11 is 0. The van der Waals surface area contributed by atoms with Crippen molar-refractivity contribution in [3.8, 4) is 0 Å². The second kappa shape index (κ2) is 6.33. The molecule has 1 heterocycles. The lowest BCUT2D eigenvalue weighted by atomic mass is 10.2. The zero-order valence-corrected chi connectivity index (χ0v) is 9.77. The number of amides is 2. The summed E-state index contributed by atoms with van der Waals surface area (Å²) in [5.41, 5.74) is -0.336. The number of aromatic carboxylic acids is 1. The number of hydrogen-bond acceptors (Lipinski definition) is 4. The molecule has 0 unspecified atom stereocenters. The molecule has 0 aliphatic rings. The molecule has 0 saturated heterocycles. The third kappa shape index (κ3) is 3.55. The molecule has 1 rings (SSSR count). The quantitative estimate of drug-likeness (QED) is 0.662. The predicted molar refractivity (Wildman–Crippen MR) is 62.2 cm³/mol. The highest BCUT2D eigenvalue weighted by atomic mass is 16.4. The van der Waals surface area contributed by atoms with Crippen LogP contribution < -0.4 is 10.6 Å². The van der Waals surface area contributed by atoms with Gasteiger partial charge in [0.25, 0.3) is 5.91 Å². The van der Waals surface area contributed by atoms with E-state index >= 15 is 0 Å². The Kier molecular flexibility index (Phi) is 4.79. The third-order valence-electron chi connectivity index (χ3n) is 2.17. The Labute approximate surface area is 103 Å². The molecule has 0 radical (unpaired) electrons. The van der Waals surface area contributed by atoms with Gasteiger partial charge >= 0.3 is 5.97 Å². The molecule has 0 saturated carbocycles. The van der Waals surface area contributed by atoms with Crippen LogP contribution in [0.1, 0.15) is 27.3 Å². The molecule has 0 aliphatic carbocycles. The van der Waals surface area contributed by atoms with Gasteiger partial charge in [0.1, 0.15) is 5.69 Å². The van der Waals surface area contributed by atoms with Crippen molar-refractivity contribution >= 4 is 17.8 Å². The van der Waals surface area contributed by atoms with Gasteiger partial charge in [-0.2, -0.15) is 0 Å². The summed E-state index contributed by atoms with van der Waals surface area (Å²) in [7, 11) is 1.49. The molecule has 0 aromatic carbocycles. The smallest absolute Gasteiger partial charge is 0.338 e. The first-order valence-corrected chi connectivity index (χ1v) is 5.23. The molecular formula is C11H13N3O4. The fourth-order valence-corrected chi connectivity index (χ4v) is 1.26. The van der Waals surface area contributed by atoms with Crippen LogP contribution in [-0.2, 0) is 4.79 Å². The molecule has 7 nitrogen and oxygen atoms in total. The number of carbonyl (C=O) groups is 3. The van der Waals surface area contributed by atoms with E-state index in [0.717, 1.165) is 0 Å². The first-order valence-electron chi connectivity index (χ1n) is 5.23. The maximum atomic E-state index is 11.7. The number of nitrogens with zero attached hydrogens (tertiary/aromatic N) is 1. The Morgan fingerprint density at radius 2 is 2.11 bits per heavy atom. The minimum atomic E-state index is -1.22. The van der Waals surface area contributed by atoms with E-state index in [1.54, 1.807) is 0 Å². The second-order valence-corrected chi connectivity index (χ2v) is 3.38. The van der Waals surface area contributed by atoms with Crippen LogP contribution in [0.3, 0.4) is 0 Å². The normalized spacial score (nSPS) is 9.61. The van der Waals surface area contributed by atoms with Crippen LogP contribution in [0, 0.1) is 0 Å². The lowest BCUT2D eigenvalue weighted by Gasteiger charge is -2.06. The van der Waals surface area contributed by atoms with Gasteiger partial charge in [0, 0.05) is 26.2 Å². The van der Waals surface area contributed by atoms with Crippen LogP contribution in [0.2, 0.25) is 0 Å². The predicted octanol–water partition coefficient (Wildman–Crippen LogP) is -0.354. The molecular weight excluding hydrogens is 238 g/mol. The van der Waals surface area contributed by atoms with E-state index in [9.17, 15) is 14.4 Å². The van der Waals surface area contributed by atoms with E-state index in [4.69, 9.17) is 5.11 Å². The van der Waals surface area contributed by atoms with Gasteiger partial charge in [-0.1, -0.05) is 0 Å². The van der Waals surface area contributed by atoms with Crippen molar-refractivity contribution in [2.24, 2.45) is 0 Å². The first kappa shape index (κ1) is 13.6. The highest BCUT2D eigenvalue weighted by molar-refractivity contribution is 6.03. The maximum absolute atomic E-state index is 11.7.